The van der Waals surface area contributed by atoms with Crippen LogP contribution in [-0.4, -0.2) is 0 Å². The molecule has 0 bridgehead atoms. The Morgan fingerprint density at radius 3 is 2.00 bits per heavy atom. The third-order valence-electron chi connectivity index (χ3n) is 4.17. The topological polar surface area (TPSA) is 0 Å². The van der Waals surface area contributed by atoms with E-state index in [-0.39, 0.29) is 0 Å². The van der Waals surface area contributed by atoms with Crippen LogP contribution in [0.4, 0.5) is 0 Å². The SMILES string of the molecule is CC(C)C1CC2C[C@H]2C1C(C)C. The smallest absolute Gasteiger partial charge is 0.0329 e. The van der Waals surface area contributed by atoms with Crippen LogP contribution < -0.4 is 0 Å². The first-order valence-corrected chi connectivity index (χ1v) is 5.61. The van der Waals surface area contributed by atoms with E-state index in [1.165, 1.54) is 0 Å². The van der Waals surface area contributed by atoms with Crippen LogP contribution in [0.25, 0.3) is 0 Å². The van der Waals surface area contributed by atoms with Crippen LogP contribution in [0.3, 0.4) is 0 Å². The zero-order valence-electron chi connectivity index (χ0n) is 8.88. The molecule has 70 valence electrons. The average molecular weight is 166 g/mol. The molecule has 0 amide bonds. The van der Waals surface area contributed by atoms with Crippen molar-refractivity contribution in [2.75, 3.05) is 0 Å². The molecule has 0 radical (unpaired) electrons. The van der Waals surface area contributed by atoms with Crippen molar-refractivity contribution >= 4 is 0 Å². The van der Waals surface area contributed by atoms with Crippen molar-refractivity contribution in [2.24, 2.45) is 35.5 Å². The zero-order chi connectivity index (χ0) is 8.88. The second kappa shape index (κ2) is 2.75. The van der Waals surface area contributed by atoms with Crippen molar-refractivity contribution in [3.63, 3.8) is 0 Å². The molecule has 2 aliphatic carbocycles. The number of rotatable bonds is 2. The van der Waals surface area contributed by atoms with Crippen LogP contribution in [0, 0.1) is 35.5 Å². The van der Waals surface area contributed by atoms with E-state index in [1.54, 1.807) is 12.8 Å². The Kier molecular flexibility index (Phi) is 1.97. The molecule has 2 saturated carbocycles. The Morgan fingerprint density at radius 1 is 0.917 bits per heavy atom. The molecule has 0 heteroatoms. The van der Waals surface area contributed by atoms with Gasteiger partial charge in [0.15, 0.2) is 0 Å². The van der Waals surface area contributed by atoms with E-state index < -0.39 is 0 Å². The minimum absolute atomic E-state index is 0.921. The van der Waals surface area contributed by atoms with Gasteiger partial charge >= 0.3 is 0 Å². The maximum atomic E-state index is 2.42. The van der Waals surface area contributed by atoms with E-state index in [0.29, 0.717) is 0 Å². The van der Waals surface area contributed by atoms with Crippen molar-refractivity contribution < 1.29 is 0 Å². The van der Waals surface area contributed by atoms with Crippen LogP contribution in [0.1, 0.15) is 40.5 Å². The van der Waals surface area contributed by atoms with E-state index >= 15 is 0 Å². The molecule has 0 saturated heterocycles. The van der Waals surface area contributed by atoms with Gasteiger partial charge in [0.25, 0.3) is 0 Å². The van der Waals surface area contributed by atoms with Gasteiger partial charge in [0.1, 0.15) is 0 Å². The molecular formula is C12H22. The lowest BCUT2D eigenvalue weighted by molar-refractivity contribution is 0.201. The van der Waals surface area contributed by atoms with Gasteiger partial charge in [-0.3, -0.25) is 0 Å². The lowest BCUT2D eigenvalue weighted by atomic mass is 9.77. The molecule has 3 unspecified atom stereocenters. The third kappa shape index (κ3) is 1.20. The fourth-order valence-electron chi connectivity index (χ4n) is 3.54. The molecule has 4 atom stereocenters. The maximum absolute atomic E-state index is 2.42. The van der Waals surface area contributed by atoms with Crippen LogP contribution in [0.2, 0.25) is 0 Å². The van der Waals surface area contributed by atoms with E-state index in [1.807, 2.05) is 0 Å². The largest absolute Gasteiger partial charge is 0.0625 e. The van der Waals surface area contributed by atoms with Crippen molar-refractivity contribution in [1.29, 1.82) is 0 Å². The monoisotopic (exact) mass is 166 g/mol. The first-order valence-electron chi connectivity index (χ1n) is 5.61. The summed E-state index contributed by atoms with van der Waals surface area (Å²) in [5.41, 5.74) is 0. The van der Waals surface area contributed by atoms with Crippen LogP contribution in [-0.2, 0) is 0 Å². The minimum atomic E-state index is 0.921. The van der Waals surface area contributed by atoms with E-state index in [9.17, 15) is 0 Å². The molecule has 2 aliphatic rings. The highest BCUT2D eigenvalue weighted by molar-refractivity contribution is 5.03. The summed E-state index contributed by atoms with van der Waals surface area (Å²) in [7, 11) is 0. The molecule has 0 aromatic carbocycles. The Morgan fingerprint density at radius 2 is 1.58 bits per heavy atom. The summed E-state index contributed by atoms with van der Waals surface area (Å²) in [4.78, 5) is 0. The summed E-state index contributed by atoms with van der Waals surface area (Å²) in [5.74, 6) is 6.24. The van der Waals surface area contributed by atoms with Crippen LogP contribution >= 0.6 is 0 Å². The standard InChI is InChI=1S/C12H22/c1-7(2)10-5-9-6-11(9)12(10)8(3)4/h7-12H,5-6H2,1-4H3/t9?,10?,11-,12?/m1/s1. The molecule has 0 aromatic rings. The van der Waals surface area contributed by atoms with Gasteiger partial charge in [-0.05, 0) is 48.3 Å². The summed E-state index contributed by atoms with van der Waals surface area (Å²) in [6.07, 6.45) is 3.11. The molecule has 0 N–H and O–H groups in total. The molecule has 2 fully saturated rings. The van der Waals surface area contributed by atoms with Gasteiger partial charge < -0.3 is 0 Å². The number of hydrogen-bond donors (Lipinski definition) is 0. The summed E-state index contributed by atoms with van der Waals surface area (Å²) in [6.45, 7) is 9.65. The molecule has 0 spiro atoms. The highest BCUT2D eigenvalue weighted by atomic mass is 14.6. The first kappa shape index (κ1) is 8.59. The highest BCUT2D eigenvalue weighted by Gasteiger charge is 2.54. The van der Waals surface area contributed by atoms with Gasteiger partial charge in [0.05, 0.1) is 0 Å². The number of hydrogen-bond acceptors (Lipinski definition) is 0. The van der Waals surface area contributed by atoms with Gasteiger partial charge in [-0.1, -0.05) is 27.7 Å². The van der Waals surface area contributed by atoms with E-state index in [4.69, 9.17) is 0 Å². The van der Waals surface area contributed by atoms with Gasteiger partial charge in [0, 0.05) is 0 Å². The quantitative estimate of drug-likeness (QED) is 0.588. The lowest BCUT2D eigenvalue weighted by Crippen LogP contribution is -2.22. The van der Waals surface area contributed by atoms with E-state index in [2.05, 4.69) is 27.7 Å². The fourth-order valence-corrected chi connectivity index (χ4v) is 3.54. The van der Waals surface area contributed by atoms with Gasteiger partial charge in [-0.25, -0.2) is 0 Å². The number of fused-ring (bicyclic) bond motifs is 1. The summed E-state index contributed by atoms with van der Waals surface area (Å²) >= 11 is 0. The maximum Gasteiger partial charge on any atom is -0.0329 e. The molecule has 12 heavy (non-hydrogen) atoms. The van der Waals surface area contributed by atoms with Gasteiger partial charge in [-0.2, -0.15) is 0 Å². The Hall–Kier alpha value is 0. The zero-order valence-corrected chi connectivity index (χ0v) is 8.88. The van der Waals surface area contributed by atoms with Crippen LogP contribution in [0.15, 0.2) is 0 Å². The Labute approximate surface area is 76.7 Å². The fraction of sp³-hybridized carbons (Fsp3) is 1.00. The predicted octanol–water partition coefficient (Wildman–Crippen LogP) is 3.57. The Bertz CT molecular complexity index is 169. The van der Waals surface area contributed by atoms with E-state index in [0.717, 1.165) is 35.5 Å². The van der Waals surface area contributed by atoms with Crippen molar-refractivity contribution in [2.45, 2.75) is 40.5 Å². The van der Waals surface area contributed by atoms with Gasteiger partial charge in [-0.15, -0.1) is 0 Å². The second-order valence-corrected chi connectivity index (χ2v) is 5.62. The lowest BCUT2D eigenvalue weighted by Gasteiger charge is -2.29. The summed E-state index contributed by atoms with van der Waals surface area (Å²) in [5, 5.41) is 0. The van der Waals surface area contributed by atoms with Crippen molar-refractivity contribution in [1.82, 2.24) is 0 Å². The highest BCUT2D eigenvalue weighted by Crippen LogP contribution is 2.61. The van der Waals surface area contributed by atoms with Gasteiger partial charge in [0.2, 0.25) is 0 Å². The third-order valence-corrected chi connectivity index (χ3v) is 4.17. The predicted molar refractivity (Wildman–Crippen MR) is 52.9 cm³/mol. The summed E-state index contributed by atoms with van der Waals surface area (Å²) < 4.78 is 0. The molecule has 0 nitrogen and oxygen atoms in total. The van der Waals surface area contributed by atoms with Crippen molar-refractivity contribution in [3.05, 3.63) is 0 Å². The molecule has 0 aliphatic heterocycles. The van der Waals surface area contributed by atoms with Crippen LogP contribution in [0.5, 0.6) is 0 Å². The molecule has 0 heterocycles. The molecule has 0 aromatic heterocycles. The minimum Gasteiger partial charge on any atom is -0.0625 e. The molecule has 2 rings (SSSR count). The first-order chi connectivity index (χ1) is 5.61. The second-order valence-electron chi connectivity index (χ2n) is 5.62. The molecular weight excluding hydrogens is 144 g/mol. The van der Waals surface area contributed by atoms with Crippen molar-refractivity contribution in [3.8, 4) is 0 Å². The summed E-state index contributed by atoms with van der Waals surface area (Å²) in [6, 6.07) is 0. The normalized spacial score (nSPS) is 45.5. The Balaban J connectivity index is 2.06. The average Bonchev–Trinajstić information content (AvgIpc) is 2.60.